The number of aliphatic hydroxyl groups excluding tert-OH is 1. The van der Waals surface area contributed by atoms with Crippen molar-refractivity contribution in [3.8, 4) is 11.5 Å². The Morgan fingerprint density at radius 3 is 2.86 bits per heavy atom. The van der Waals surface area contributed by atoms with Crippen molar-refractivity contribution < 1.29 is 23.7 Å². The van der Waals surface area contributed by atoms with Crippen LogP contribution in [0, 0.1) is 0 Å². The summed E-state index contributed by atoms with van der Waals surface area (Å²) >= 11 is 0. The molecule has 2 heterocycles. The molecule has 0 amide bonds. The van der Waals surface area contributed by atoms with Crippen LogP contribution in [0.5, 0.6) is 11.5 Å². The van der Waals surface area contributed by atoms with Crippen LogP contribution >= 0.6 is 0 Å². The van der Waals surface area contributed by atoms with E-state index >= 15 is 0 Å². The van der Waals surface area contributed by atoms with Crippen LogP contribution in [0.1, 0.15) is 36.5 Å². The van der Waals surface area contributed by atoms with E-state index in [-0.39, 0.29) is 19.5 Å². The largest absolute Gasteiger partial charge is 0.463 e. The summed E-state index contributed by atoms with van der Waals surface area (Å²) in [5.41, 5.74) is 0.967. The van der Waals surface area contributed by atoms with Crippen LogP contribution in [0.15, 0.2) is 34.7 Å². The van der Waals surface area contributed by atoms with Gasteiger partial charge in [-0.25, -0.2) is 0 Å². The van der Waals surface area contributed by atoms with Crippen LogP contribution in [0.3, 0.4) is 0 Å². The summed E-state index contributed by atoms with van der Waals surface area (Å²) < 4.78 is 22.5. The monoisotopic (exact) mass is 304 g/mol. The smallest absolute Gasteiger partial charge is 0.231 e. The molecule has 5 heteroatoms. The van der Waals surface area contributed by atoms with Crippen molar-refractivity contribution in [2.45, 2.75) is 25.9 Å². The molecular weight excluding hydrogens is 284 g/mol. The second-order valence-electron chi connectivity index (χ2n) is 5.08. The molecule has 1 aliphatic heterocycles. The fraction of sp³-hybridized carbons (Fsp3) is 0.412. The van der Waals surface area contributed by atoms with Crippen LogP contribution in [0.4, 0.5) is 0 Å². The molecule has 0 fully saturated rings. The Bertz CT molecular complexity index is 619. The number of hydrogen-bond donors (Lipinski definition) is 1. The zero-order chi connectivity index (χ0) is 15.4. The van der Waals surface area contributed by atoms with Gasteiger partial charge in [0.15, 0.2) is 11.5 Å². The first kappa shape index (κ1) is 14.9. The number of fused-ring (bicyclic) bond motifs is 1. The third kappa shape index (κ3) is 3.10. The molecule has 0 aliphatic carbocycles. The lowest BCUT2D eigenvalue weighted by Gasteiger charge is -2.15. The summed E-state index contributed by atoms with van der Waals surface area (Å²) in [6.07, 6.45) is 1.13. The number of furan rings is 1. The second kappa shape index (κ2) is 6.85. The van der Waals surface area contributed by atoms with Gasteiger partial charge < -0.3 is 23.7 Å². The fourth-order valence-electron chi connectivity index (χ4n) is 2.51. The van der Waals surface area contributed by atoms with Crippen molar-refractivity contribution in [2.75, 3.05) is 20.0 Å². The zero-order valence-electron chi connectivity index (χ0n) is 12.6. The molecule has 0 spiro atoms. The highest BCUT2D eigenvalue weighted by molar-refractivity contribution is 5.46. The zero-order valence-corrected chi connectivity index (χ0v) is 12.6. The molecule has 1 unspecified atom stereocenters. The van der Waals surface area contributed by atoms with Gasteiger partial charge in [-0.05, 0) is 43.2 Å². The molecule has 0 bridgehead atoms. The standard InChI is InChI=1S/C17H20O5/c1-2-19-17(15-8-6-13(22-15)4-3-9-18)12-5-7-14-16(10-12)21-11-20-14/h5-8,10,17-18H,2-4,9,11H2,1H3. The molecule has 1 aliphatic rings. The Hall–Kier alpha value is -1.98. The normalized spacial score (nSPS) is 14.3. The van der Waals surface area contributed by atoms with Gasteiger partial charge in [-0.3, -0.25) is 0 Å². The lowest BCUT2D eigenvalue weighted by molar-refractivity contribution is 0.0742. The number of ether oxygens (including phenoxy) is 3. The second-order valence-corrected chi connectivity index (χ2v) is 5.08. The topological polar surface area (TPSA) is 61.1 Å². The predicted molar refractivity (Wildman–Crippen MR) is 80.1 cm³/mol. The maximum Gasteiger partial charge on any atom is 0.231 e. The SMILES string of the molecule is CCOC(c1ccc2c(c1)OCO2)c1ccc(CCCO)o1. The Morgan fingerprint density at radius 1 is 1.18 bits per heavy atom. The van der Waals surface area contributed by atoms with Gasteiger partial charge in [0.1, 0.15) is 17.6 Å². The van der Waals surface area contributed by atoms with E-state index in [1.54, 1.807) is 0 Å². The Kier molecular flexibility index (Phi) is 4.65. The van der Waals surface area contributed by atoms with Crippen LogP contribution < -0.4 is 9.47 Å². The van der Waals surface area contributed by atoms with Crippen LogP contribution in [0.25, 0.3) is 0 Å². The summed E-state index contributed by atoms with van der Waals surface area (Å²) in [5.74, 6) is 3.10. The van der Waals surface area contributed by atoms with E-state index < -0.39 is 0 Å². The van der Waals surface area contributed by atoms with Gasteiger partial charge in [-0.2, -0.15) is 0 Å². The van der Waals surface area contributed by atoms with Crippen LogP contribution in [-0.2, 0) is 11.2 Å². The van der Waals surface area contributed by atoms with Crippen molar-refractivity contribution in [1.82, 2.24) is 0 Å². The molecular formula is C17H20O5. The van der Waals surface area contributed by atoms with E-state index in [2.05, 4.69) is 0 Å². The van der Waals surface area contributed by atoms with E-state index in [1.807, 2.05) is 37.3 Å². The maximum atomic E-state index is 8.90. The summed E-state index contributed by atoms with van der Waals surface area (Å²) in [5, 5.41) is 8.90. The van der Waals surface area contributed by atoms with Gasteiger partial charge >= 0.3 is 0 Å². The van der Waals surface area contributed by atoms with Gasteiger partial charge in [0, 0.05) is 19.6 Å². The lowest BCUT2D eigenvalue weighted by atomic mass is 10.1. The number of rotatable bonds is 7. The molecule has 5 nitrogen and oxygen atoms in total. The molecule has 22 heavy (non-hydrogen) atoms. The van der Waals surface area contributed by atoms with Crippen LogP contribution in [0.2, 0.25) is 0 Å². The summed E-state index contributed by atoms with van der Waals surface area (Å²) in [6, 6.07) is 9.64. The predicted octanol–water partition coefficient (Wildman–Crippen LogP) is 3.06. The fourth-order valence-corrected chi connectivity index (χ4v) is 2.51. The molecule has 0 saturated carbocycles. The lowest BCUT2D eigenvalue weighted by Crippen LogP contribution is -2.05. The van der Waals surface area contributed by atoms with E-state index in [1.165, 1.54) is 0 Å². The minimum absolute atomic E-state index is 0.160. The number of aliphatic hydroxyl groups is 1. The van der Waals surface area contributed by atoms with Crippen molar-refractivity contribution in [3.05, 3.63) is 47.4 Å². The molecule has 118 valence electrons. The average Bonchev–Trinajstić information content (AvgIpc) is 3.18. The molecule has 0 saturated heterocycles. The molecule has 3 rings (SSSR count). The van der Waals surface area contributed by atoms with Gasteiger partial charge in [-0.1, -0.05) is 6.07 Å². The summed E-state index contributed by atoms with van der Waals surface area (Å²) in [7, 11) is 0. The molecule has 0 radical (unpaired) electrons. The first-order chi connectivity index (χ1) is 10.8. The van der Waals surface area contributed by atoms with Crippen molar-refractivity contribution >= 4 is 0 Å². The van der Waals surface area contributed by atoms with Crippen molar-refractivity contribution in [3.63, 3.8) is 0 Å². The van der Waals surface area contributed by atoms with E-state index in [0.29, 0.717) is 13.0 Å². The van der Waals surface area contributed by atoms with E-state index in [4.69, 9.17) is 23.7 Å². The Balaban J connectivity index is 1.84. The first-order valence-electron chi connectivity index (χ1n) is 7.52. The number of aryl methyl sites for hydroxylation is 1. The number of hydrogen-bond acceptors (Lipinski definition) is 5. The van der Waals surface area contributed by atoms with E-state index in [9.17, 15) is 0 Å². The highest BCUT2D eigenvalue weighted by Crippen LogP contribution is 2.37. The highest BCUT2D eigenvalue weighted by atomic mass is 16.7. The summed E-state index contributed by atoms with van der Waals surface area (Å²) in [4.78, 5) is 0. The molecule has 2 aromatic rings. The van der Waals surface area contributed by atoms with Crippen molar-refractivity contribution in [2.24, 2.45) is 0 Å². The van der Waals surface area contributed by atoms with Crippen LogP contribution in [-0.4, -0.2) is 25.1 Å². The quantitative estimate of drug-likeness (QED) is 0.852. The molecule has 1 aromatic carbocycles. The van der Waals surface area contributed by atoms with E-state index in [0.717, 1.165) is 35.0 Å². The number of benzene rings is 1. The third-order valence-corrected chi connectivity index (χ3v) is 3.55. The van der Waals surface area contributed by atoms with Gasteiger partial charge in [0.2, 0.25) is 6.79 Å². The minimum atomic E-state index is -0.276. The average molecular weight is 304 g/mol. The van der Waals surface area contributed by atoms with Gasteiger partial charge in [0.05, 0.1) is 0 Å². The van der Waals surface area contributed by atoms with Gasteiger partial charge in [0.25, 0.3) is 0 Å². The minimum Gasteiger partial charge on any atom is -0.463 e. The molecule has 1 aromatic heterocycles. The first-order valence-corrected chi connectivity index (χ1v) is 7.52. The maximum absolute atomic E-state index is 8.90. The van der Waals surface area contributed by atoms with Gasteiger partial charge in [-0.15, -0.1) is 0 Å². The summed E-state index contributed by atoms with van der Waals surface area (Å²) in [6.45, 7) is 2.94. The highest BCUT2D eigenvalue weighted by Gasteiger charge is 2.22. The Labute approximate surface area is 129 Å². The molecule has 1 N–H and O–H groups in total. The third-order valence-electron chi connectivity index (χ3n) is 3.55. The Morgan fingerprint density at radius 2 is 2.05 bits per heavy atom. The molecule has 1 atom stereocenters. The van der Waals surface area contributed by atoms with Crippen molar-refractivity contribution in [1.29, 1.82) is 0 Å².